The average Bonchev–Trinajstić information content (AvgIpc) is 3.38. The highest BCUT2D eigenvalue weighted by Gasteiger charge is 2.45. The maximum Gasteiger partial charge on any atom is 0.316 e. The van der Waals surface area contributed by atoms with Crippen molar-refractivity contribution in [2.45, 2.75) is 82.3 Å². The van der Waals surface area contributed by atoms with Crippen LogP contribution in [0.2, 0.25) is 0 Å². The minimum absolute atomic E-state index is 0.0175. The van der Waals surface area contributed by atoms with E-state index < -0.39 is 5.41 Å². The first-order chi connectivity index (χ1) is 18.6. The van der Waals surface area contributed by atoms with E-state index in [9.17, 15) is 9.59 Å². The quantitative estimate of drug-likeness (QED) is 0.224. The molecule has 4 fully saturated rings. The minimum Gasteiger partial charge on any atom is -0.460 e. The molecule has 2 aromatic carbocycles. The van der Waals surface area contributed by atoms with Crippen molar-refractivity contribution in [3.05, 3.63) is 59.2 Å². The number of aryl methyl sites for hydroxylation is 2. The lowest BCUT2D eigenvalue weighted by atomic mass is 9.69. The van der Waals surface area contributed by atoms with Gasteiger partial charge in [0.05, 0.1) is 10.9 Å². The van der Waals surface area contributed by atoms with Crippen LogP contribution in [0.1, 0.15) is 79.3 Å². The van der Waals surface area contributed by atoms with E-state index in [0.717, 1.165) is 107 Å². The molecule has 0 N–H and O–H groups in total. The van der Waals surface area contributed by atoms with Gasteiger partial charge in [-0.3, -0.25) is 14.5 Å². The van der Waals surface area contributed by atoms with E-state index in [0.29, 0.717) is 11.5 Å². The number of carbonyl (C=O) groups is 2. The van der Waals surface area contributed by atoms with Crippen LogP contribution in [0.25, 0.3) is 11.0 Å². The summed E-state index contributed by atoms with van der Waals surface area (Å²) in [6.07, 6.45) is 11.3. The van der Waals surface area contributed by atoms with Crippen molar-refractivity contribution in [2.24, 2.45) is 5.92 Å². The molecule has 0 amide bonds. The van der Waals surface area contributed by atoms with Gasteiger partial charge in [0.1, 0.15) is 17.9 Å². The number of hydrogen-bond acceptors (Lipinski definition) is 6. The molecule has 1 saturated carbocycles. The molecule has 1 atom stereocenters. The molecule has 7 rings (SSSR count). The van der Waals surface area contributed by atoms with Gasteiger partial charge in [0.15, 0.2) is 0 Å². The summed E-state index contributed by atoms with van der Waals surface area (Å²) in [5.74, 6) is 0.550. The summed E-state index contributed by atoms with van der Waals surface area (Å²) in [5.41, 5.74) is 4.26. The molecule has 0 spiro atoms. The Morgan fingerprint density at radius 3 is 2.66 bits per heavy atom. The topological polar surface area (TPSA) is 77.3 Å². The fourth-order valence-corrected chi connectivity index (χ4v) is 6.90. The number of aromatic nitrogens is 3. The highest BCUT2D eigenvalue weighted by atomic mass is 16.5. The first-order valence-corrected chi connectivity index (χ1v) is 14.5. The van der Waals surface area contributed by atoms with Gasteiger partial charge in [-0.15, -0.1) is 5.10 Å². The van der Waals surface area contributed by atoms with Gasteiger partial charge in [0.25, 0.3) is 0 Å². The van der Waals surface area contributed by atoms with Gasteiger partial charge in [0, 0.05) is 18.7 Å². The standard InChI is InChI=1S/C31H38N4O3/c36-22-24-10-11-28-27(20-24)32-33-35(28)16-5-2-7-23-8-6-9-26(19-23)31(14-3-1-4-15-31)30(37)38-29-21-34-17-12-25(29)13-18-34/h6,8-11,19-20,22,25,29H,1-5,7,12-18,21H2. The largest absolute Gasteiger partial charge is 0.460 e. The summed E-state index contributed by atoms with van der Waals surface area (Å²) in [5, 5.41) is 8.49. The second kappa shape index (κ2) is 11.0. The van der Waals surface area contributed by atoms with Crippen LogP contribution in [-0.4, -0.2) is 57.9 Å². The van der Waals surface area contributed by atoms with Crippen LogP contribution in [0.3, 0.4) is 0 Å². The summed E-state index contributed by atoms with van der Waals surface area (Å²) in [4.78, 5) is 27.3. The Bertz CT molecular complexity index is 1290. The Morgan fingerprint density at radius 2 is 1.89 bits per heavy atom. The van der Waals surface area contributed by atoms with Crippen LogP contribution in [0, 0.1) is 5.92 Å². The molecule has 4 heterocycles. The number of carbonyl (C=O) groups excluding carboxylic acids is 2. The number of aldehydes is 1. The van der Waals surface area contributed by atoms with E-state index >= 15 is 0 Å². The summed E-state index contributed by atoms with van der Waals surface area (Å²) >= 11 is 0. The number of fused-ring (bicyclic) bond motifs is 4. The number of unbranched alkanes of at least 4 members (excludes halogenated alkanes) is 1. The monoisotopic (exact) mass is 514 g/mol. The summed E-state index contributed by atoms with van der Waals surface area (Å²) in [6.45, 7) is 4.00. The van der Waals surface area contributed by atoms with Crippen molar-refractivity contribution in [2.75, 3.05) is 19.6 Å². The number of benzene rings is 2. The summed E-state index contributed by atoms with van der Waals surface area (Å²) in [7, 11) is 0. The molecule has 7 heteroatoms. The highest BCUT2D eigenvalue weighted by Crippen LogP contribution is 2.42. The SMILES string of the molecule is O=Cc1ccc2c(c1)nnn2CCCCc1cccc(C2(C(=O)OC3CN4CCC3CC4)CCCCC2)c1. The third-order valence-corrected chi connectivity index (χ3v) is 9.19. The Balaban J connectivity index is 1.11. The van der Waals surface area contributed by atoms with Crippen molar-refractivity contribution >= 4 is 23.3 Å². The maximum atomic E-state index is 13.8. The lowest BCUT2D eigenvalue weighted by Gasteiger charge is -2.45. The normalized spacial score (nSPS) is 24.4. The van der Waals surface area contributed by atoms with Crippen LogP contribution in [0.5, 0.6) is 0 Å². The van der Waals surface area contributed by atoms with E-state index in [-0.39, 0.29) is 12.1 Å². The Labute approximate surface area is 224 Å². The number of ether oxygens (including phenoxy) is 1. The van der Waals surface area contributed by atoms with Crippen molar-refractivity contribution in [3.63, 3.8) is 0 Å². The number of hydrogen-bond donors (Lipinski definition) is 0. The molecule has 38 heavy (non-hydrogen) atoms. The van der Waals surface area contributed by atoms with Crippen LogP contribution in [0.4, 0.5) is 0 Å². The zero-order valence-corrected chi connectivity index (χ0v) is 22.2. The van der Waals surface area contributed by atoms with Crippen molar-refractivity contribution in [1.82, 2.24) is 19.9 Å². The molecule has 1 aliphatic carbocycles. The first-order valence-electron chi connectivity index (χ1n) is 14.5. The molecular weight excluding hydrogens is 476 g/mol. The molecule has 200 valence electrons. The van der Waals surface area contributed by atoms with E-state index in [1.54, 1.807) is 6.07 Å². The van der Waals surface area contributed by atoms with Crippen molar-refractivity contribution in [3.8, 4) is 0 Å². The zero-order chi connectivity index (χ0) is 26.0. The van der Waals surface area contributed by atoms with Crippen LogP contribution >= 0.6 is 0 Å². The van der Waals surface area contributed by atoms with Gasteiger partial charge in [-0.25, -0.2) is 4.68 Å². The molecule has 3 aromatic rings. The predicted octanol–water partition coefficient (Wildman–Crippen LogP) is 5.11. The molecule has 2 bridgehead atoms. The molecule has 0 radical (unpaired) electrons. The van der Waals surface area contributed by atoms with Gasteiger partial charge in [-0.1, -0.05) is 48.7 Å². The molecule has 3 saturated heterocycles. The Hall–Kier alpha value is -3.06. The second-order valence-electron chi connectivity index (χ2n) is 11.6. The Kier molecular flexibility index (Phi) is 7.28. The third-order valence-electron chi connectivity index (χ3n) is 9.19. The average molecular weight is 515 g/mol. The van der Waals surface area contributed by atoms with E-state index in [1.807, 2.05) is 16.8 Å². The summed E-state index contributed by atoms with van der Waals surface area (Å²) < 4.78 is 8.25. The molecule has 4 aliphatic rings. The van der Waals surface area contributed by atoms with Crippen LogP contribution < -0.4 is 0 Å². The molecule has 1 unspecified atom stereocenters. The van der Waals surface area contributed by atoms with E-state index in [2.05, 4.69) is 39.5 Å². The molecular formula is C31H38N4O3. The number of nitrogens with zero attached hydrogens (tertiary/aromatic N) is 4. The van der Waals surface area contributed by atoms with Crippen molar-refractivity contribution < 1.29 is 14.3 Å². The third kappa shape index (κ3) is 5.00. The zero-order valence-electron chi connectivity index (χ0n) is 22.2. The highest BCUT2D eigenvalue weighted by molar-refractivity contribution is 5.84. The van der Waals surface area contributed by atoms with Gasteiger partial charge in [0.2, 0.25) is 0 Å². The predicted molar refractivity (Wildman–Crippen MR) is 146 cm³/mol. The second-order valence-corrected chi connectivity index (χ2v) is 11.6. The fraction of sp³-hybridized carbons (Fsp3) is 0.548. The number of esters is 1. The van der Waals surface area contributed by atoms with Crippen molar-refractivity contribution in [1.29, 1.82) is 0 Å². The fourth-order valence-electron chi connectivity index (χ4n) is 6.90. The van der Waals surface area contributed by atoms with Gasteiger partial charge < -0.3 is 4.74 Å². The van der Waals surface area contributed by atoms with Crippen LogP contribution in [0.15, 0.2) is 42.5 Å². The molecule has 3 aliphatic heterocycles. The lowest BCUT2D eigenvalue weighted by molar-refractivity contribution is -0.167. The summed E-state index contributed by atoms with van der Waals surface area (Å²) in [6, 6.07) is 14.2. The smallest absolute Gasteiger partial charge is 0.316 e. The lowest BCUT2D eigenvalue weighted by Crippen LogP contribution is -2.53. The first kappa shape index (κ1) is 25.2. The Morgan fingerprint density at radius 1 is 1.05 bits per heavy atom. The van der Waals surface area contributed by atoms with E-state index in [1.165, 1.54) is 12.0 Å². The van der Waals surface area contributed by atoms with Gasteiger partial charge in [-0.05, 0) is 93.3 Å². The molecule has 1 aromatic heterocycles. The number of rotatable bonds is 9. The number of piperidine rings is 3. The molecule has 7 nitrogen and oxygen atoms in total. The van der Waals surface area contributed by atoms with E-state index in [4.69, 9.17) is 4.74 Å². The van der Waals surface area contributed by atoms with Crippen LogP contribution in [-0.2, 0) is 27.9 Å². The van der Waals surface area contributed by atoms with Gasteiger partial charge in [-0.2, -0.15) is 0 Å². The van der Waals surface area contributed by atoms with Gasteiger partial charge >= 0.3 is 5.97 Å². The minimum atomic E-state index is -0.500. The maximum absolute atomic E-state index is 13.8.